The summed E-state index contributed by atoms with van der Waals surface area (Å²) in [6, 6.07) is 16.4. The molecule has 0 saturated heterocycles. The molecule has 1 fully saturated rings. The minimum atomic E-state index is -0.509. The third kappa shape index (κ3) is 6.94. The Labute approximate surface area is 161 Å². The van der Waals surface area contributed by atoms with E-state index in [1.807, 2.05) is 42.5 Å². The molecule has 0 radical (unpaired) electrons. The molecule has 5 nitrogen and oxygen atoms in total. The molecule has 27 heavy (non-hydrogen) atoms. The number of hydrogen-bond acceptors (Lipinski definition) is 4. The third-order valence-electron chi connectivity index (χ3n) is 4.48. The van der Waals surface area contributed by atoms with Gasteiger partial charge in [0.15, 0.2) is 0 Å². The maximum absolute atomic E-state index is 11.9. The van der Waals surface area contributed by atoms with E-state index in [4.69, 9.17) is 9.47 Å². The molecule has 0 heterocycles. The lowest BCUT2D eigenvalue weighted by Gasteiger charge is -2.21. The molecule has 5 heteroatoms. The van der Waals surface area contributed by atoms with Crippen LogP contribution in [0, 0.1) is 5.92 Å². The van der Waals surface area contributed by atoms with E-state index >= 15 is 0 Å². The highest BCUT2D eigenvalue weighted by atomic mass is 16.6. The van der Waals surface area contributed by atoms with Gasteiger partial charge in [-0.3, -0.25) is 10.2 Å². The van der Waals surface area contributed by atoms with Crippen LogP contribution in [-0.2, 0) is 0 Å². The van der Waals surface area contributed by atoms with Crippen molar-refractivity contribution in [2.24, 2.45) is 5.92 Å². The van der Waals surface area contributed by atoms with Gasteiger partial charge in [0.1, 0.15) is 18.1 Å². The van der Waals surface area contributed by atoms with Gasteiger partial charge in [0.25, 0.3) is 0 Å². The van der Waals surface area contributed by atoms with E-state index in [1.54, 1.807) is 12.1 Å². The van der Waals surface area contributed by atoms with E-state index in [1.165, 1.54) is 25.8 Å². The minimum Gasteiger partial charge on any atom is -0.492 e. The van der Waals surface area contributed by atoms with E-state index in [0.29, 0.717) is 18.0 Å². The molecule has 0 unspecified atom stereocenters. The number of nitrogens with zero attached hydrogens (tertiary/aromatic N) is 1. The topological polar surface area (TPSA) is 50.8 Å². The fourth-order valence-electron chi connectivity index (χ4n) is 2.94. The van der Waals surface area contributed by atoms with Crippen molar-refractivity contribution < 1.29 is 14.3 Å². The summed E-state index contributed by atoms with van der Waals surface area (Å²) in [5, 5.41) is 2.69. The maximum Gasteiger partial charge on any atom is 0.417 e. The molecule has 0 spiro atoms. The molecule has 0 aliphatic heterocycles. The molecule has 0 bridgehead atoms. The Balaban J connectivity index is 1.40. The molecule has 0 atom stereocenters. The minimum absolute atomic E-state index is 0.483. The van der Waals surface area contributed by atoms with Crippen LogP contribution in [0.3, 0.4) is 0 Å². The second kappa shape index (κ2) is 9.97. The molecule has 3 rings (SSSR count). The molecule has 1 aliphatic rings. The molecule has 1 saturated carbocycles. The summed E-state index contributed by atoms with van der Waals surface area (Å²) < 4.78 is 11.1. The number of rotatable bonds is 10. The number of para-hydroxylation sites is 1. The summed E-state index contributed by atoms with van der Waals surface area (Å²) in [6.07, 6.45) is 3.41. The first kappa shape index (κ1) is 19.2. The molecule has 1 amide bonds. The molecule has 1 aliphatic carbocycles. The fraction of sp³-hybridized carbons (Fsp3) is 0.409. The second-order valence-corrected chi connectivity index (χ2v) is 6.94. The summed E-state index contributed by atoms with van der Waals surface area (Å²) in [5.74, 6) is 2.17. The lowest BCUT2D eigenvalue weighted by Crippen LogP contribution is -2.31. The molecule has 144 valence electrons. The van der Waals surface area contributed by atoms with Crippen LogP contribution in [0.1, 0.15) is 26.2 Å². The standard InChI is InChI=1S/C22H28N2O3/c1-2-14-24(17-18-8-9-18)15-16-26-20-10-12-21(13-11-20)27-22(25)23-19-6-4-3-5-7-19/h3-7,10-13,18H,2,8-9,14-17H2,1H3,(H,23,25). The number of carbonyl (C=O) groups excluding carboxylic acids is 1. The van der Waals surface area contributed by atoms with Crippen LogP contribution in [0.25, 0.3) is 0 Å². The average molecular weight is 368 g/mol. The van der Waals surface area contributed by atoms with Crippen molar-refractivity contribution in [2.75, 3.05) is 31.6 Å². The molecular formula is C22H28N2O3. The van der Waals surface area contributed by atoms with E-state index in [2.05, 4.69) is 17.1 Å². The Hall–Kier alpha value is -2.53. The number of anilines is 1. The normalized spacial score (nSPS) is 13.4. The van der Waals surface area contributed by atoms with Gasteiger partial charge < -0.3 is 9.47 Å². The molecule has 0 aromatic heterocycles. The Morgan fingerprint density at radius 1 is 1.04 bits per heavy atom. The van der Waals surface area contributed by atoms with Crippen molar-refractivity contribution >= 4 is 11.8 Å². The van der Waals surface area contributed by atoms with Crippen molar-refractivity contribution in [1.29, 1.82) is 0 Å². The highest BCUT2D eigenvalue weighted by Crippen LogP contribution is 2.29. The number of ether oxygens (including phenoxy) is 2. The van der Waals surface area contributed by atoms with Crippen LogP contribution in [-0.4, -0.2) is 37.2 Å². The zero-order valence-corrected chi connectivity index (χ0v) is 15.9. The number of carbonyl (C=O) groups is 1. The fourth-order valence-corrected chi connectivity index (χ4v) is 2.94. The molecule has 2 aromatic carbocycles. The second-order valence-electron chi connectivity index (χ2n) is 6.94. The van der Waals surface area contributed by atoms with Crippen LogP contribution in [0.4, 0.5) is 10.5 Å². The summed E-state index contributed by atoms with van der Waals surface area (Å²) in [5.41, 5.74) is 0.699. The SMILES string of the molecule is CCCN(CCOc1ccc(OC(=O)Nc2ccccc2)cc1)CC1CC1. The quantitative estimate of drug-likeness (QED) is 0.654. The average Bonchev–Trinajstić information content (AvgIpc) is 3.48. The number of nitrogens with one attached hydrogen (secondary N) is 1. The zero-order chi connectivity index (χ0) is 18.9. The smallest absolute Gasteiger partial charge is 0.417 e. The van der Waals surface area contributed by atoms with Crippen molar-refractivity contribution in [1.82, 2.24) is 4.90 Å². The van der Waals surface area contributed by atoms with Gasteiger partial charge in [-0.2, -0.15) is 0 Å². The van der Waals surface area contributed by atoms with Gasteiger partial charge in [-0.25, -0.2) is 4.79 Å². The van der Waals surface area contributed by atoms with E-state index in [0.717, 1.165) is 24.8 Å². The van der Waals surface area contributed by atoms with Crippen LogP contribution in [0.5, 0.6) is 11.5 Å². The first-order valence-corrected chi connectivity index (χ1v) is 9.72. The van der Waals surface area contributed by atoms with Crippen LogP contribution in [0.2, 0.25) is 0 Å². The summed E-state index contributed by atoms with van der Waals surface area (Å²) in [6.45, 7) is 6.15. The van der Waals surface area contributed by atoms with Gasteiger partial charge in [-0.15, -0.1) is 0 Å². The lowest BCUT2D eigenvalue weighted by atomic mass is 10.3. The molecule has 2 aromatic rings. The molecular weight excluding hydrogens is 340 g/mol. The van der Waals surface area contributed by atoms with Gasteiger partial charge in [0.2, 0.25) is 0 Å². The maximum atomic E-state index is 11.9. The molecule has 1 N–H and O–H groups in total. The van der Waals surface area contributed by atoms with Crippen molar-refractivity contribution in [2.45, 2.75) is 26.2 Å². The summed E-state index contributed by atoms with van der Waals surface area (Å²) in [7, 11) is 0. The number of benzene rings is 2. The van der Waals surface area contributed by atoms with Gasteiger partial charge >= 0.3 is 6.09 Å². The van der Waals surface area contributed by atoms with Gasteiger partial charge in [-0.1, -0.05) is 25.1 Å². The van der Waals surface area contributed by atoms with Gasteiger partial charge in [-0.05, 0) is 68.1 Å². The summed E-state index contributed by atoms with van der Waals surface area (Å²) in [4.78, 5) is 14.4. The number of amides is 1. The van der Waals surface area contributed by atoms with E-state index in [-0.39, 0.29) is 0 Å². The Morgan fingerprint density at radius 3 is 2.41 bits per heavy atom. The first-order valence-electron chi connectivity index (χ1n) is 9.72. The van der Waals surface area contributed by atoms with Crippen molar-refractivity contribution in [3.63, 3.8) is 0 Å². The van der Waals surface area contributed by atoms with Crippen LogP contribution >= 0.6 is 0 Å². The summed E-state index contributed by atoms with van der Waals surface area (Å²) >= 11 is 0. The third-order valence-corrected chi connectivity index (χ3v) is 4.48. The zero-order valence-electron chi connectivity index (χ0n) is 15.9. The highest BCUT2D eigenvalue weighted by molar-refractivity contribution is 5.86. The Bertz CT molecular complexity index is 699. The van der Waals surface area contributed by atoms with E-state index in [9.17, 15) is 4.79 Å². The largest absolute Gasteiger partial charge is 0.492 e. The van der Waals surface area contributed by atoms with Crippen LogP contribution in [0.15, 0.2) is 54.6 Å². The lowest BCUT2D eigenvalue weighted by molar-refractivity contribution is 0.202. The van der Waals surface area contributed by atoms with Gasteiger partial charge in [0, 0.05) is 18.8 Å². The monoisotopic (exact) mass is 368 g/mol. The van der Waals surface area contributed by atoms with Crippen molar-refractivity contribution in [3.8, 4) is 11.5 Å². The predicted molar refractivity (Wildman–Crippen MR) is 107 cm³/mol. The van der Waals surface area contributed by atoms with E-state index < -0.39 is 6.09 Å². The first-order chi connectivity index (χ1) is 13.2. The van der Waals surface area contributed by atoms with Crippen molar-refractivity contribution in [3.05, 3.63) is 54.6 Å². The Kier molecular flexibility index (Phi) is 7.11. The number of hydrogen-bond donors (Lipinski definition) is 1. The highest BCUT2D eigenvalue weighted by Gasteiger charge is 2.23. The van der Waals surface area contributed by atoms with Gasteiger partial charge in [0.05, 0.1) is 0 Å². The van der Waals surface area contributed by atoms with Crippen LogP contribution < -0.4 is 14.8 Å². The Morgan fingerprint density at radius 2 is 1.74 bits per heavy atom. The predicted octanol–water partition coefficient (Wildman–Crippen LogP) is 4.80.